The van der Waals surface area contributed by atoms with E-state index in [9.17, 15) is 4.79 Å². The second kappa shape index (κ2) is 7.77. The lowest BCUT2D eigenvalue weighted by atomic mass is 9.73. The Hall–Kier alpha value is -1.11. The van der Waals surface area contributed by atoms with E-state index in [0.717, 1.165) is 6.42 Å². The molecule has 21 heavy (non-hydrogen) atoms. The van der Waals surface area contributed by atoms with E-state index >= 15 is 0 Å². The maximum atomic E-state index is 12.8. The molecular weight excluding hydrogens is 256 g/mol. The average molecular weight is 286 g/mol. The van der Waals surface area contributed by atoms with Crippen molar-refractivity contribution in [3.8, 4) is 0 Å². The fourth-order valence-electron chi connectivity index (χ4n) is 3.88. The standard InChI is InChI=1S/C20H30O/c1-4-5-11-17-12-6-7-13-18(17)20(21)14-19-15(2)9-8-10-16(19)3/h8-10,17-18H,4-7,11-14H2,1-3H3. The van der Waals surface area contributed by atoms with Gasteiger partial charge in [0.25, 0.3) is 0 Å². The Balaban J connectivity index is 2.07. The van der Waals surface area contributed by atoms with Crippen molar-refractivity contribution < 1.29 is 4.79 Å². The normalized spacial score (nSPS) is 22.2. The zero-order valence-electron chi connectivity index (χ0n) is 14.0. The first-order valence-corrected chi connectivity index (χ1v) is 8.71. The third-order valence-electron chi connectivity index (χ3n) is 5.25. The van der Waals surface area contributed by atoms with E-state index in [1.54, 1.807) is 0 Å². The summed E-state index contributed by atoms with van der Waals surface area (Å²) in [5.41, 5.74) is 3.80. The van der Waals surface area contributed by atoms with Crippen LogP contribution in [0.25, 0.3) is 0 Å². The minimum Gasteiger partial charge on any atom is -0.299 e. The van der Waals surface area contributed by atoms with Crippen molar-refractivity contribution in [2.45, 2.75) is 72.1 Å². The fraction of sp³-hybridized carbons (Fsp3) is 0.650. The van der Waals surface area contributed by atoms with Crippen molar-refractivity contribution in [3.63, 3.8) is 0 Å². The van der Waals surface area contributed by atoms with Gasteiger partial charge in [-0.05, 0) is 55.7 Å². The summed E-state index contributed by atoms with van der Waals surface area (Å²) in [5.74, 6) is 1.47. The summed E-state index contributed by atoms with van der Waals surface area (Å²) in [5, 5.41) is 0. The van der Waals surface area contributed by atoms with Gasteiger partial charge in [0.05, 0.1) is 0 Å². The Bertz CT molecular complexity index is 454. The number of hydrogen-bond acceptors (Lipinski definition) is 1. The molecule has 1 aromatic rings. The lowest BCUT2D eigenvalue weighted by Crippen LogP contribution is -2.28. The van der Waals surface area contributed by atoms with Crippen LogP contribution in [0.15, 0.2) is 18.2 Å². The van der Waals surface area contributed by atoms with Crippen LogP contribution in [0.2, 0.25) is 0 Å². The van der Waals surface area contributed by atoms with E-state index in [2.05, 4.69) is 39.0 Å². The van der Waals surface area contributed by atoms with Gasteiger partial charge < -0.3 is 0 Å². The van der Waals surface area contributed by atoms with E-state index in [-0.39, 0.29) is 0 Å². The summed E-state index contributed by atoms with van der Waals surface area (Å²) in [7, 11) is 0. The fourth-order valence-corrected chi connectivity index (χ4v) is 3.88. The van der Waals surface area contributed by atoms with Crippen molar-refractivity contribution in [2.24, 2.45) is 11.8 Å². The maximum Gasteiger partial charge on any atom is 0.140 e. The monoisotopic (exact) mass is 286 g/mol. The predicted octanol–water partition coefficient (Wildman–Crippen LogP) is 5.41. The molecule has 2 unspecified atom stereocenters. The summed E-state index contributed by atoms with van der Waals surface area (Å²) in [4.78, 5) is 12.8. The molecule has 0 bridgehead atoms. The molecule has 0 saturated heterocycles. The molecule has 1 aliphatic rings. The largest absolute Gasteiger partial charge is 0.299 e. The SMILES string of the molecule is CCCCC1CCCCC1C(=O)Cc1c(C)cccc1C. The minimum atomic E-state index is 0.323. The third kappa shape index (κ3) is 4.18. The molecule has 116 valence electrons. The average Bonchev–Trinajstić information content (AvgIpc) is 2.49. The van der Waals surface area contributed by atoms with Gasteiger partial charge >= 0.3 is 0 Å². The zero-order chi connectivity index (χ0) is 15.2. The quantitative estimate of drug-likeness (QED) is 0.683. The van der Waals surface area contributed by atoms with E-state index in [1.807, 2.05) is 0 Å². The molecule has 0 heterocycles. The predicted molar refractivity (Wildman–Crippen MR) is 89.6 cm³/mol. The van der Waals surface area contributed by atoms with Gasteiger partial charge in [0.15, 0.2) is 0 Å². The number of ketones is 1. The van der Waals surface area contributed by atoms with Gasteiger partial charge in [-0.1, -0.05) is 50.8 Å². The van der Waals surface area contributed by atoms with Crippen molar-refractivity contribution in [1.82, 2.24) is 0 Å². The van der Waals surface area contributed by atoms with Crippen LogP contribution in [0.3, 0.4) is 0 Å². The Morgan fingerprint density at radius 3 is 2.48 bits per heavy atom. The van der Waals surface area contributed by atoms with Crippen LogP contribution in [0.5, 0.6) is 0 Å². The van der Waals surface area contributed by atoms with Crippen LogP contribution in [-0.2, 0) is 11.2 Å². The molecule has 0 aromatic heterocycles. The first kappa shape index (κ1) is 16.3. The van der Waals surface area contributed by atoms with Gasteiger partial charge in [-0.2, -0.15) is 0 Å². The van der Waals surface area contributed by atoms with Crippen LogP contribution in [-0.4, -0.2) is 5.78 Å². The molecule has 1 saturated carbocycles. The second-order valence-corrected chi connectivity index (χ2v) is 6.81. The molecule has 1 nitrogen and oxygen atoms in total. The molecule has 1 aromatic carbocycles. The number of Topliss-reactive ketones (excluding diaryl/α,β-unsaturated/α-hetero) is 1. The number of carbonyl (C=O) groups excluding carboxylic acids is 1. The lowest BCUT2D eigenvalue weighted by molar-refractivity contribution is -0.125. The first-order chi connectivity index (χ1) is 10.1. The molecule has 0 aliphatic heterocycles. The van der Waals surface area contributed by atoms with Crippen molar-refractivity contribution in [2.75, 3.05) is 0 Å². The summed E-state index contributed by atoms with van der Waals surface area (Å²) >= 11 is 0. The van der Waals surface area contributed by atoms with E-state index in [0.29, 0.717) is 24.0 Å². The molecule has 0 N–H and O–H groups in total. The van der Waals surface area contributed by atoms with Crippen molar-refractivity contribution in [3.05, 3.63) is 34.9 Å². The number of benzene rings is 1. The number of unbranched alkanes of at least 4 members (excludes halogenated alkanes) is 1. The molecule has 0 spiro atoms. The van der Waals surface area contributed by atoms with Gasteiger partial charge in [-0.3, -0.25) is 4.79 Å². The molecule has 1 fully saturated rings. The van der Waals surface area contributed by atoms with Crippen LogP contribution >= 0.6 is 0 Å². The number of rotatable bonds is 6. The smallest absolute Gasteiger partial charge is 0.140 e. The highest BCUT2D eigenvalue weighted by Crippen LogP contribution is 2.35. The van der Waals surface area contributed by atoms with Gasteiger partial charge in [0.2, 0.25) is 0 Å². The van der Waals surface area contributed by atoms with E-state index < -0.39 is 0 Å². The number of carbonyl (C=O) groups is 1. The van der Waals surface area contributed by atoms with Gasteiger partial charge in [-0.15, -0.1) is 0 Å². The zero-order valence-corrected chi connectivity index (χ0v) is 14.0. The first-order valence-electron chi connectivity index (χ1n) is 8.71. The summed E-state index contributed by atoms with van der Waals surface area (Å²) in [6, 6.07) is 6.35. The van der Waals surface area contributed by atoms with Gasteiger partial charge in [0.1, 0.15) is 5.78 Å². The van der Waals surface area contributed by atoms with Crippen molar-refractivity contribution >= 4 is 5.78 Å². The Morgan fingerprint density at radius 1 is 1.14 bits per heavy atom. The maximum absolute atomic E-state index is 12.8. The number of hydrogen-bond donors (Lipinski definition) is 0. The molecule has 1 aliphatic carbocycles. The topological polar surface area (TPSA) is 17.1 Å². The lowest BCUT2D eigenvalue weighted by Gasteiger charge is -2.31. The highest BCUT2D eigenvalue weighted by atomic mass is 16.1. The number of aryl methyl sites for hydroxylation is 2. The Kier molecular flexibility index (Phi) is 6.02. The molecular formula is C20H30O. The molecule has 2 rings (SSSR count). The molecule has 0 amide bonds. The molecule has 1 heteroatoms. The van der Waals surface area contributed by atoms with E-state index in [1.165, 1.54) is 55.2 Å². The summed E-state index contributed by atoms with van der Waals surface area (Å²) in [6.45, 7) is 6.51. The summed E-state index contributed by atoms with van der Waals surface area (Å²) < 4.78 is 0. The van der Waals surface area contributed by atoms with Gasteiger partial charge in [0, 0.05) is 12.3 Å². The molecule has 2 atom stereocenters. The van der Waals surface area contributed by atoms with Crippen LogP contribution in [0.1, 0.15) is 68.6 Å². The van der Waals surface area contributed by atoms with Crippen LogP contribution in [0, 0.1) is 25.7 Å². The third-order valence-corrected chi connectivity index (χ3v) is 5.25. The Morgan fingerprint density at radius 2 is 1.81 bits per heavy atom. The Labute approximate surface area is 130 Å². The van der Waals surface area contributed by atoms with Crippen LogP contribution < -0.4 is 0 Å². The van der Waals surface area contributed by atoms with Crippen molar-refractivity contribution in [1.29, 1.82) is 0 Å². The second-order valence-electron chi connectivity index (χ2n) is 6.81. The summed E-state index contributed by atoms with van der Waals surface area (Å²) in [6.07, 6.45) is 9.37. The minimum absolute atomic E-state index is 0.323. The molecule has 0 radical (unpaired) electrons. The van der Waals surface area contributed by atoms with E-state index in [4.69, 9.17) is 0 Å². The van der Waals surface area contributed by atoms with Gasteiger partial charge in [-0.25, -0.2) is 0 Å². The highest BCUT2D eigenvalue weighted by molar-refractivity contribution is 5.84. The van der Waals surface area contributed by atoms with Crippen LogP contribution in [0.4, 0.5) is 0 Å². The highest BCUT2D eigenvalue weighted by Gasteiger charge is 2.30.